The number of benzene rings is 1. The van der Waals surface area contributed by atoms with Crippen molar-refractivity contribution in [1.29, 1.82) is 0 Å². The molecular weight excluding hydrogens is 307 g/mol. The molecule has 0 bridgehead atoms. The van der Waals surface area contributed by atoms with Gasteiger partial charge in [0, 0.05) is 17.6 Å². The molecular formula is C12H20Cl2N2O2S. The molecule has 0 saturated carbocycles. The highest BCUT2D eigenvalue weighted by atomic mass is 35.5. The van der Waals surface area contributed by atoms with Crippen molar-refractivity contribution in [3.8, 4) is 0 Å². The highest BCUT2D eigenvalue weighted by Crippen LogP contribution is 2.16. The topological polar surface area (TPSA) is 72.2 Å². The van der Waals surface area contributed by atoms with Crippen molar-refractivity contribution in [2.24, 2.45) is 11.7 Å². The Morgan fingerprint density at radius 2 is 2.00 bits per heavy atom. The van der Waals surface area contributed by atoms with Gasteiger partial charge in [0.15, 0.2) is 0 Å². The Hall–Kier alpha value is -0.330. The van der Waals surface area contributed by atoms with Crippen molar-refractivity contribution in [3.05, 3.63) is 29.3 Å². The van der Waals surface area contributed by atoms with Crippen molar-refractivity contribution in [2.45, 2.75) is 31.2 Å². The molecule has 19 heavy (non-hydrogen) atoms. The lowest BCUT2D eigenvalue weighted by atomic mass is 10.1. The first-order valence-corrected chi connectivity index (χ1v) is 7.69. The van der Waals surface area contributed by atoms with Crippen LogP contribution >= 0.6 is 24.0 Å². The maximum absolute atomic E-state index is 12.1. The Balaban J connectivity index is 0.00000324. The number of sulfonamides is 1. The molecule has 0 fully saturated rings. The molecule has 1 aromatic rings. The third-order valence-electron chi connectivity index (χ3n) is 2.47. The molecule has 0 radical (unpaired) electrons. The molecule has 0 spiro atoms. The van der Waals surface area contributed by atoms with Crippen LogP contribution in [0.4, 0.5) is 0 Å². The van der Waals surface area contributed by atoms with E-state index in [2.05, 4.69) is 4.72 Å². The predicted molar refractivity (Wildman–Crippen MR) is 81.3 cm³/mol. The molecule has 1 atom stereocenters. The third kappa shape index (κ3) is 6.10. The quantitative estimate of drug-likeness (QED) is 0.843. The van der Waals surface area contributed by atoms with Crippen molar-refractivity contribution in [3.63, 3.8) is 0 Å². The summed E-state index contributed by atoms with van der Waals surface area (Å²) in [5, 5.41) is 0.394. The van der Waals surface area contributed by atoms with Gasteiger partial charge in [-0.15, -0.1) is 12.4 Å². The van der Waals surface area contributed by atoms with Crippen LogP contribution in [0.2, 0.25) is 5.02 Å². The second kappa shape index (κ2) is 8.07. The van der Waals surface area contributed by atoms with Crippen LogP contribution in [0.15, 0.2) is 29.2 Å². The molecule has 4 nitrogen and oxygen atoms in total. The first-order valence-electron chi connectivity index (χ1n) is 5.83. The Morgan fingerprint density at radius 3 is 2.47 bits per heavy atom. The molecule has 1 rings (SSSR count). The van der Waals surface area contributed by atoms with E-state index in [-0.39, 0.29) is 29.9 Å². The zero-order valence-electron chi connectivity index (χ0n) is 11.0. The Morgan fingerprint density at radius 1 is 1.37 bits per heavy atom. The number of hydrogen-bond donors (Lipinski definition) is 2. The van der Waals surface area contributed by atoms with Gasteiger partial charge < -0.3 is 5.73 Å². The summed E-state index contributed by atoms with van der Waals surface area (Å²) in [6, 6.07) is 5.92. The van der Waals surface area contributed by atoms with Gasteiger partial charge >= 0.3 is 0 Å². The van der Waals surface area contributed by atoms with E-state index in [0.717, 1.165) is 0 Å². The average Bonchev–Trinajstić information content (AvgIpc) is 2.27. The fraction of sp³-hybridized carbons (Fsp3) is 0.500. The van der Waals surface area contributed by atoms with Gasteiger partial charge in [-0.2, -0.15) is 0 Å². The van der Waals surface area contributed by atoms with Gasteiger partial charge in [0.05, 0.1) is 4.90 Å². The van der Waals surface area contributed by atoms with Gasteiger partial charge in [-0.25, -0.2) is 13.1 Å². The summed E-state index contributed by atoms with van der Waals surface area (Å²) < 4.78 is 26.8. The van der Waals surface area contributed by atoms with Crippen LogP contribution in [0.3, 0.4) is 0 Å². The number of nitrogens with two attached hydrogens (primary N) is 1. The summed E-state index contributed by atoms with van der Waals surface area (Å²) in [6.07, 6.45) is 0.705. The Bertz CT molecular complexity index is 492. The minimum atomic E-state index is -3.55. The lowest BCUT2D eigenvalue weighted by Crippen LogP contribution is -2.40. The SMILES string of the molecule is CC(C)CC(CN)NS(=O)(=O)c1cccc(Cl)c1.Cl. The fourth-order valence-corrected chi connectivity index (χ4v) is 3.25. The number of rotatable bonds is 6. The van der Waals surface area contributed by atoms with E-state index in [4.69, 9.17) is 17.3 Å². The molecule has 1 unspecified atom stereocenters. The van der Waals surface area contributed by atoms with Gasteiger partial charge in [0.1, 0.15) is 0 Å². The number of halogens is 2. The van der Waals surface area contributed by atoms with E-state index < -0.39 is 10.0 Å². The first kappa shape index (κ1) is 18.7. The van der Waals surface area contributed by atoms with Gasteiger partial charge in [-0.3, -0.25) is 0 Å². The maximum Gasteiger partial charge on any atom is 0.240 e. The van der Waals surface area contributed by atoms with Crippen LogP contribution in [0.5, 0.6) is 0 Å². The van der Waals surface area contributed by atoms with Crippen LogP contribution in [0.25, 0.3) is 0 Å². The van der Waals surface area contributed by atoms with Gasteiger partial charge in [-0.1, -0.05) is 31.5 Å². The van der Waals surface area contributed by atoms with E-state index in [9.17, 15) is 8.42 Å². The molecule has 0 aromatic heterocycles. The lowest BCUT2D eigenvalue weighted by Gasteiger charge is -2.18. The van der Waals surface area contributed by atoms with Gasteiger partial charge in [-0.05, 0) is 30.5 Å². The smallest absolute Gasteiger partial charge is 0.240 e. The summed E-state index contributed by atoms with van der Waals surface area (Å²) in [6.45, 7) is 4.32. The standard InChI is InChI=1S/C12H19ClN2O2S.ClH/c1-9(2)6-11(8-14)15-18(16,17)12-5-3-4-10(13)7-12;/h3-5,7,9,11,15H,6,8,14H2,1-2H3;1H. The molecule has 0 aliphatic carbocycles. The minimum absolute atomic E-state index is 0. The summed E-state index contributed by atoms with van der Waals surface area (Å²) in [7, 11) is -3.55. The normalized spacial score (nSPS) is 13.1. The third-order valence-corrected chi connectivity index (χ3v) is 4.22. The molecule has 7 heteroatoms. The maximum atomic E-state index is 12.1. The van der Waals surface area contributed by atoms with E-state index in [0.29, 0.717) is 17.4 Å². The molecule has 0 amide bonds. The van der Waals surface area contributed by atoms with E-state index in [1.807, 2.05) is 13.8 Å². The van der Waals surface area contributed by atoms with Crippen molar-refractivity contribution < 1.29 is 8.42 Å². The van der Waals surface area contributed by atoms with E-state index in [1.165, 1.54) is 12.1 Å². The van der Waals surface area contributed by atoms with Crippen molar-refractivity contribution >= 4 is 34.0 Å². The zero-order chi connectivity index (χ0) is 13.8. The monoisotopic (exact) mass is 326 g/mol. The lowest BCUT2D eigenvalue weighted by molar-refractivity contribution is 0.465. The van der Waals surface area contributed by atoms with Crippen LogP contribution in [-0.4, -0.2) is 21.0 Å². The zero-order valence-corrected chi connectivity index (χ0v) is 13.4. The highest BCUT2D eigenvalue weighted by molar-refractivity contribution is 7.89. The van der Waals surface area contributed by atoms with E-state index in [1.54, 1.807) is 12.1 Å². The molecule has 3 N–H and O–H groups in total. The number of hydrogen-bond acceptors (Lipinski definition) is 3. The summed E-state index contributed by atoms with van der Waals surface area (Å²) in [4.78, 5) is 0.164. The van der Waals surface area contributed by atoms with Crippen LogP contribution in [-0.2, 0) is 10.0 Å². The summed E-state index contributed by atoms with van der Waals surface area (Å²) >= 11 is 5.79. The van der Waals surface area contributed by atoms with Crippen molar-refractivity contribution in [1.82, 2.24) is 4.72 Å². The predicted octanol–water partition coefficient (Wildman–Crippen LogP) is 2.41. The minimum Gasteiger partial charge on any atom is -0.329 e. The average molecular weight is 327 g/mol. The highest BCUT2D eigenvalue weighted by Gasteiger charge is 2.20. The van der Waals surface area contributed by atoms with Crippen LogP contribution in [0.1, 0.15) is 20.3 Å². The molecule has 110 valence electrons. The fourth-order valence-electron chi connectivity index (χ4n) is 1.68. The second-order valence-electron chi connectivity index (χ2n) is 4.64. The Labute approximate surface area is 126 Å². The van der Waals surface area contributed by atoms with Crippen molar-refractivity contribution in [2.75, 3.05) is 6.54 Å². The summed E-state index contributed by atoms with van der Waals surface area (Å²) in [5.41, 5.74) is 5.58. The summed E-state index contributed by atoms with van der Waals surface area (Å²) in [5.74, 6) is 0.376. The number of nitrogens with one attached hydrogen (secondary N) is 1. The van der Waals surface area contributed by atoms with Gasteiger partial charge in [0.2, 0.25) is 10.0 Å². The largest absolute Gasteiger partial charge is 0.329 e. The molecule has 0 aliphatic rings. The first-order chi connectivity index (χ1) is 8.35. The van der Waals surface area contributed by atoms with Crippen LogP contribution in [0, 0.1) is 5.92 Å². The molecule has 1 aromatic carbocycles. The van der Waals surface area contributed by atoms with Gasteiger partial charge in [0.25, 0.3) is 0 Å². The molecule has 0 aliphatic heterocycles. The van der Waals surface area contributed by atoms with E-state index >= 15 is 0 Å². The van der Waals surface area contributed by atoms with Crippen LogP contribution < -0.4 is 10.5 Å². The molecule has 0 heterocycles. The second-order valence-corrected chi connectivity index (χ2v) is 6.79. The molecule has 0 saturated heterocycles. The Kier molecular flexibility index (Phi) is 7.93.